The molecule has 6 heteroatoms. The van der Waals surface area contributed by atoms with Crippen LogP contribution < -0.4 is 5.32 Å². The zero-order chi connectivity index (χ0) is 15.4. The number of hydrogen-bond donors (Lipinski definition) is 1. The average Bonchev–Trinajstić information content (AvgIpc) is 2.75. The fraction of sp³-hybridized carbons (Fsp3) is 0.875. The van der Waals surface area contributed by atoms with E-state index in [1.54, 1.807) is 0 Å². The van der Waals surface area contributed by atoms with Gasteiger partial charge in [-0.1, -0.05) is 12.8 Å². The van der Waals surface area contributed by atoms with Crippen LogP contribution in [0, 0.1) is 5.92 Å². The molecule has 0 atom stereocenters. The van der Waals surface area contributed by atoms with Gasteiger partial charge in [0.2, 0.25) is 11.8 Å². The Bertz CT molecular complexity index is 395. The van der Waals surface area contributed by atoms with Crippen LogP contribution in [0.15, 0.2) is 0 Å². The minimum absolute atomic E-state index is 0.185. The zero-order valence-electron chi connectivity index (χ0n) is 13.4. The molecular formula is C16H28N4O2. The van der Waals surface area contributed by atoms with Crippen LogP contribution in [0.25, 0.3) is 0 Å². The second-order valence-electron chi connectivity index (χ2n) is 6.75. The Labute approximate surface area is 132 Å². The molecule has 0 spiro atoms. The first kappa shape index (κ1) is 15.7. The standard InChI is InChI=1S/C16H28N4O2/c21-15(19-5-3-1-2-4-6-19)13-18-7-9-20(10-8-18)16(22)14-11-17-12-14/h14,17H,1-13H2. The lowest BCUT2D eigenvalue weighted by Gasteiger charge is -2.38. The van der Waals surface area contributed by atoms with E-state index >= 15 is 0 Å². The van der Waals surface area contributed by atoms with E-state index in [0.717, 1.165) is 65.2 Å². The summed E-state index contributed by atoms with van der Waals surface area (Å²) >= 11 is 0. The third kappa shape index (κ3) is 3.79. The quantitative estimate of drug-likeness (QED) is 0.781. The van der Waals surface area contributed by atoms with Gasteiger partial charge < -0.3 is 15.1 Å². The molecule has 3 fully saturated rings. The number of rotatable bonds is 3. The van der Waals surface area contributed by atoms with Gasteiger partial charge in [0.1, 0.15) is 0 Å². The van der Waals surface area contributed by atoms with Crippen molar-refractivity contribution in [2.24, 2.45) is 5.92 Å². The van der Waals surface area contributed by atoms with E-state index in [1.165, 1.54) is 12.8 Å². The Morgan fingerprint density at radius 2 is 1.45 bits per heavy atom. The molecule has 3 rings (SSSR count). The molecule has 3 aliphatic heterocycles. The Balaban J connectivity index is 1.41. The highest BCUT2D eigenvalue weighted by Crippen LogP contribution is 2.13. The summed E-state index contributed by atoms with van der Waals surface area (Å²) in [5.74, 6) is 0.743. The van der Waals surface area contributed by atoms with E-state index < -0.39 is 0 Å². The van der Waals surface area contributed by atoms with Crippen molar-refractivity contribution in [3.05, 3.63) is 0 Å². The average molecular weight is 308 g/mol. The predicted octanol–water partition coefficient (Wildman–Crippen LogP) is -0.247. The summed E-state index contributed by atoms with van der Waals surface area (Å²) in [6, 6.07) is 0. The zero-order valence-corrected chi connectivity index (χ0v) is 13.4. The van der Waals surface area contributed by atoms with Crippen LogP contribution in [0.4, 0.5) is 0 Å². The third-order valence-corrected chi connectivity index (χ3v) is 5.13. The molecule has 0 unspecified atom stereocenters. The third-order valence-electron chi connectivity index (χ3n) is 5.13. The highest BCUT2D eigenvalue weighted by atomic mass is 16.2. The second-order valence-corrected chi connectivity index (χ2v) is 6.75. The van der Waals surface area contributed by atoms with Crippen molar-refractivity contribution in [2.45, 2.75) is 25.7 Å². The largest absolute Gasteiger partial charge is 0.342 e. The highest BCUT2D eigenvalue weighted by molar-refractivity contribution is 5.80. The van der Waals surface area contributed by atoms with E-state index in [9.17, 15) is 9.59 Å². The van der Waals surface area contributed by atoms with E-state index in [1.807, 2.05) is 9.80 Å². The Kier molecular flexibility index (Phi) is 5.31. The topological polar surface area (TPSA) is 55.9 Å². The van der Waals surface area contributed by atoms with Crippen LogP contribution >= 0.6 is 0 Å². The maximum absolute atomic E-state index is 12.4. The maximum atomic E-state index is 12.4. The number of carbonyl (C=O) groups excluding carboxylic acids is 2. The molecule has 0 aliphatic carbocycles. The van der Waals surface area contributed by atoms with Gasteiger partial charge in [-0.2, -0.15) is 0 Å². The van der Waals surface area contributed by atoms with Crippen molar-refractivity contribution in [1.82, 2.24) is 20.0 Å². The summed E-state index contributed by atoms with van der Waals surface area (Å²) in [5, 5.41) is 3.15. The Morgan fingerprint density at radius 3 is 2.00 bits per heavy atom. The molecule has 0 aromatic carbocycles. The fourth-order valence-corrected chi connectivity index (χ4v) is 3.46. The Hall–Kier alpha value is -1.14. The first-order chi connectivity index (χ1) is 10.7. The van der Waals surface area contributed by atoms with E-state index in [2.05, 4.69) is 10.2 Å². The van der Waals surface area contributed by atoms with Gasteiger partial charge in [-0.05, 0) is 12.8 Å². The van der Waals surface area contributed by atoms with Crippen molar-refractivity contribution in [2.75, 3.05) is 58.9 Å². The number of nitrogens with one attached hydrogen (secondary N) is 1. The van der Waals surface area contributed by atoms with E-state index in [4.69, 9.17) is 0 Å². The molecular weight excluding hydrogens is 280 g/mol. The maximum Gasteiger partial charge on any atom is 0.236 e. The molecule has 3 saturated heterocycles. The van der Waals surface area contributed by atoms with Crippen LogP contribution in [-0.4, -0.2) is 85.4 Å². The monoisotopic (exact) mass is 308 g/mol. The van der Waals surface area contributed by atoms with Crippen LogP contribution in [0.1, 0.15) is 25.7 Å². The van der Waals surface area contributed by atoms with Gasteiger partial charge in [0.05, 0.1) is 12.5 Å². The number of hydrogen-bond acceptors (Lipinski definition) is 4. The first-order valence-electron chi connectivity index (χ1n) is 8.73. The lowest BCUT2D eigenvalue weighted by molar-refractivity contribution is -0.139. The minimum atomic E-state index is 0.185. The summed E-state index contributed by atoms with van der Waals surface area (Å²) in [6.07, 6.45) is 4.79. The molecule has 2 amide bonds. The van der Waals surface area contributed by atoms with Crippen molar-refractivity contribution in [3.8, 4) is 0 Å². The summed E-state index contributed by atoms with van der Waals surface area (Å²) in [6.45, 7) is 7.20. The molecule has 0 aromatic heterocycles. The van der Waals surface area contributed by atoms with Crippen LogP contribution in [0.5, 0.6) is 0 Å². The number of piperazine rings is 1. The molecule has 0 saturated carbocycles. The normalized spacial score (nSPS) is 24.7. The van der Waals surface area contributed by atoms with Gasteiger partial charge >= 0.3 is 0 Å². The van der Waals surface area contributed by atoms with Crippen molar-refractivity contribution in [3.63, 3.8) is 0 Å². The second kappa shape index (κ2) is 7.42. The van der Waals surface area contributed by atoms with Gasteiger partial charge in [0, 0.05) is 52.4 Å². The molecule has 3 aliphatic rings. The number of amides is 2. The molecule has 6 nitrogen and oxygen atoms in total. The smallest absolute Gasteiger partial charge is 0.236 e. The molecule has 22 heavy (non-hydrogen) atoms. The number of nitrogens with zero attached hydrogens (tertiary/aromatic N) is 3. The van der Waals surface area contributed by atoms with Crippen LogP contribution in [0.2, 0.25) is 0 Å². The molecule has 0 bridgehead atoms. The SMILES string of the molecule is O=C(CN1CCN(C(=O)C2CNC2)CC1)N1CCCCCC1. The molecule has 1 N–H and O–H groups in total. The summed E-state index contributed by atoms with van der Waals surface area (Å²) in [4.78, 5) is 30.8. The Morgan fingerprint density at radius 1 is 0.818 bits per heavy atom. The van der Waals surface area contributed by atoms with Gasteiger partial charge in [0.25, 0.3) is 0 Å². The van der Waals surface area contributed by atoms with E-state index in [0.29, 0.717) is 6.54 Å². The van der Waals surface area contributed by atoms with Crippen LogP contribution in [0.3, 0.4) is 0 Å². The van der Waals surface area contributed by atoms with Crippen molar-refractivity contribution < 1.29 is 9.59 Å². The molecule has 3 heterocycles. The lowest BCUT2D eigenvalue weighted by atomic mass is 10.0. The predicted molar refractivity (Wildman–Crippen MR) is 84.4 cm³/mol. The van der Waals surface area contributed by atoms with Gasteiger partial charge in [-0.3, -0.25) is 14.5 Å². The summed E-state index contributed by atoms with van der Waals surface area (Å²) in [7, 11) is 0. The van der Waals surface area contributed by atoms with Gasteiger partial charge in [0.15, 0.2) is 0 Å². The summed E-state index contributed by atoms with van der Waals surface area (Å²) in [5.41, 5.74) is 0. The van der Waals surface area contributed by atoms with Crippen molar-refractivity contribution in [1.29, 1.82) is 0 Å². The molecule has 0 radical (unpaired) electrons. The van der Waals surface area contributed by atoms with Crippen molar-refractivity contribution >= 4 is 11.8 Å². The van der Waals surface area contributed by atoms with Gasteiger partial charge in [-0.15, -0.1) is 0 Å². The fourth-order valence-electron chi connectivity index (χ4n) is 3.46. The molecule has 124 valence electrons. The molecule has 0 aromatic rings. The lowest BCUT2D eigenvalue weighted by Crippen LogP contribution is -2.57. The highest BCUT2D eigenvalue weighted by Gasteiger charge is 2.31. The number of carbonyl (C=O) groups is 2. The summed E-state index contributed by atoms with van der Waals surface area (Å²) < 4.78 is 0. The van der Waals surface area contributed by atoms with Crippen LogP contribution in [-0.2, 0) is 9.59 Å². The first-order valence-corrected chi connectivity index (χ1v) is 8.73. The number of likely N-dealkylation sites (tertiary alicyclic amines) is 1. The van der Waals surface area contributed by atoms with Gasteiger partial charge in [-0.25, -0.2) is 0 Å². The van der Waals surface area contributed by atoms with E-state index in [-0.39, 0.29) is 17.7 Å². The minimum Gasteiger partial charge on any atom is -0.342 e.